The number of nitrogen functional groups attached to an aromatic ring is 1. The molecule has 0 saturated heterocycles. The minimum Gasteiger partial charge on any atom is -0.462 e. The maximum atomic E-state index is 13.3. The lowest BCUT2D eigenvalue weighted by molar-refractivity contribution is 0.0528. The quantitative estimate of drug-likeness (QED) is 0.248. The molecule has 0 radical (unpaired) electrons. The molecule has 1 aromatic heterocycles. The number of rotatable bonds is 5. The molecule has 0 bridgehead atoms. The second-order valence-electron chi connectivity index (χ2n) is 6.21. The highest BCUT2D eigenvalue weighted by Crippen LogP contribution is 2.38. The van der Waals surface area contributed by atoms with E-state index in [0.29, 0.717) is 33.5 Å². The molecule has 4 nitrogen and oxygen atoms in total. The zero-order valence-electron chi connectivity index (χ0n) is 20.1. The lowest BCUT2D eigenvalue weighted by atomic mass is 9.98. The number of carbonyl (C=O) groups is 1. The minimum absolute atomic E-state index is 0.231. The highest BCUT2D eigenvalue weighted by atomic mass is 19.1. The van der Waals surface area contributed by atoms with Gasteiger partial charge in [-0.3, -0.25) is 0 Å². The van der Waals surface area contributed by atoms with Crippen molar-refractivity contribution in [3.63, 3.8) is 0 Å². The molecule has 2 N–H and O–H groups in total. The van der Waals surface area contributed by atoms with E-state index in [0.717, 1.165) is 11.1 Å². The largest absolute Gasteiger partial charge is 0.462 e. The smallest absolute Gasteiger partial charge is 0.342 e. The number of fused-ring (bicyclic) bond motifs is 1. The molecule has 1 heterocycles. The van der Waals surface area contributed by atoms with Crippen LogP contribution in [0.2, 0.25) is 0 Å². The van der Waals surface area contributed by atoms with Crippen LogP contribution >= 0.6 is 0 Å². The Bertz CT molecular complexity index is 1080. The van der Waals surface area contributed by atoms with Crippen molar-refractivity contribution in [2.45, 2.75) is 48.5 Å². The molecule has 0 fully saturated rings. The molecule has 0 spiro atoms. The van der Waals surface area contributed by atoms with Crippen LogP contribution in [0.4, 0.5) is 10.1 Å². The van der Waals surface area contributed by atoms with Crippen LogP contribution in [0.25, 0.3) is 27.9 Å². The van der Waals surface area contributed by atoms with Crippen molar-refractivity contribution in [3.05, 3.63) is 71.6 Å². The molecule has 3 rings (SSSR count). The van der Waals surface area contributed by atoms with Crippen molar-refractivity contribution in [1.29, 1.82) is 0 Å². The topological polar surface area (TPSA) is 65.5 Å². The third kappa shape index (κ3) is 5.88. The van der Waals surface area contributed by atoms with Gasteiger partial charge in [0.2, 0.25) is 0 Å². The van der Waals surface area contributed by atoms with Gasteiger partial charge in [0.25, 0.3) is 0 Å². The van der Waals surface area contributed by atoms with Crippen molar-refractivity contribution >= 4 is 28.2 Å². The van der Waals surface area contributed by atoms with Gasteiger partial charge in [0.1, 0.15) is 22.7 Å². The van der Waals surface area contributed by atoms with Crippen molar-refractivity contribution < 1.29 is 18.3 Å². The SMILES string of the molecule is C/C=C\C(=C/C)c1cc2c(C(=O)OCC)c(-c3ccc(F)cc3)oc2cc1N.CC.CC. The second kappa shape index (κ2) is 13.2. The molecule has 0 aliphatic rings. The summed E-state index contributed by atoms with van der Waals surface area (Å²) in [6.07, 6.45) is 5.82. The van der Waals surface area contributed by atoms with Gasteiger partial charge in [-0.1, -0.05) is 45.9 Å². The number of hydrogen-bond donors (Lipinski definition) is 1. The molecular weight excluding hydrogens is 405 g/mol. The van der Waals surface area contributed by atoms with Gasteiger partial charge in [0, 0.05) is 28.3 Å². The van der Waals surface area contributed by atoms with Crippen molar-refractivity contribution in [2.75, 3.05) is 12.3 Å². The average molecular weight is 440 g/mol. The summed E-state index contributed by atoms with van der Waals surface area (Å²) in [5.74, 6) is -0.532. The van der Waals surface area contributed by atoms with Gasteiger partial charge < -0.3 is 14.9 Å². The van der Waals surface area contributed by atoms with Crippen molar-refractivity contribution in [1.82, 2.24) is 0 Å². The Balaban J connectivity index is 0.00000121. The predicted octanol–water partition coefficient (Wildman–Crippen LogP) is 8.03. The van der Waals surface area contributed by atoms with Crippen LogP contribution in [-0.4, -0.2) is 12.6 Å². The summed E-state index contributed by atoms with van der Waals surface area (Å²) in [6, 6.07) is 9.31. The Labute approximate surface area is 190 Å². The summed E-state index contributed by atoms with van der Waals surface area (Å²) in [5.41, 5.74) is 9.87. The van der Waals surface area contributed by atoms with E-state index < -0.39 is 5.97 Å². The fourth-order valence-corrected chi connectivity index (χ4v) is 3.14. The molecule has 0 amide bonds. The molecule has 3 aromatic rings. The zero-order valence-corrected chi connectivity index (χ0v) is 20.1. The van der Waals surface area contributed by atoms with Crippen LogP contribution in [0.5, 0.6) is 0 Å². The van der Waals surface area contributed by atoms with Gasteiger partial charge >= 0.3 is 5.97 Å². The lowest BCUT2D eigenvalue weighted by Gasteiger charge is -2.08. The first kappa shape index (κ1) is 26.7. The van der Waals surface area contributed by atoms with Gasteiger partial charge in [-0.2, -0.15) is 0 Å². The maximum absolute atomic E-state index is 13.3. The van der Waals surface area contributed by atoms with E-state index in [4.69, 9.17) is 14.9 Å². The van der Waals surface area contributed by atoms with E-state index >= 15 is 0 Å². The molecule has 0 unspecified atom stereocenters. The normalized spacial score (nSPS) is 10.9. The molecular formula is C27H34FNO3. The number of furan rings is 1. The molecule has 5 heteroatoms. The minimum atomic E-state index is -0.496. The van der Waals surface area contributed by atoms with Gasteiger partial charge in [-0.05, 0) is 56.7 Å². The summed E-state index contributed by atoms with van der Waals surface area (Å²) in [7, 11) is 0. The third-order valence-corrected chi connectivity index (χ3v) is 4.41. The zero-order chi connectivity index (χ0) is 24.3. The van der Waals surface area contributed by atoms with Crippen LogP contribution in [0, 0.1) is 5.82 Å². The summed E-state index contributed by atoms with van der Waals surface area (Å²) in [4.78, 5) is 12.7. The summed E-state index contributed by atoms with van der Waals surface area (Å²) < 4.78 is 24.6. The first-order valence-electron chi connectivity index (χ1n) is 11.1. The highest BCUT2D eigenvalue weighted by molar-refractivity contribution is 6.10. The monoisotopic (exact) mass is 439 g/mol. The summed E-state index contributed by atoms with van der Waals surface area (Å²) >= 11 is 0. The van der Waals surface area contributed by atoms with E-state index in [9.17, 15) is 9.18 Å². The second-order valence-corrected chi connectivity index (χ2v) is 6.21. The third-order valence-electron chi connectivity index (χ3n) is 4.41. The number of anilines is 1. The fourth-order valence-electron chi connectivity index (χ4n) is 3.14. The molecule has 0 aliphatic carbocycles. The number of esters is 1. The van der Waals surface area contributed by atoms with Crippen LogP contribution in [0.3, 0.4) is 0 Å². The summed E-state index contributed by atoms with van der Waals surface area (Å²) in [6.45, 7) is 13.8. The average Bonchev–Trinajstić information content (AvgIpc) is 3.18. The maximum Gasteiger partial charge on any atom is 0.342 e. The first-order chi connectivity index (χ1) is 15.5. The number of ether oxygens (including phenoxy) is 1. The lowest BCUT2D eigenvalue weighted by Crippen LogP contribution is -2.05. The first-order valence-corrected chi connectivity index (χ1v) is 11.1. The number of benzene rings is 2. The predicted molar refractivity (Wildman–Crippen MR) is 133 cm³/mol. The van der Waals surface area contributed by atoms with Gasteiger partial charge in [0.15, 0.2) is 0 Å². The van der Waals surface area contributed by atoms with Crippen LogP contribution < -0.4 is 5.73 Å². The van der Waals surface area contributed by atoms with Crippen molar-refractivity contribution in [2.24, 2.45) is 0 Å². The van der Waals surface area contributed by atoms with Crippen LogP contribution in [0.1, 0.15) is 64.4 Å². The van der Waals surface area contributed by atoms with E-state index in [-0.39, 0.29) is 12.4 Å². The molecule has 32 heavy (non-hydrogen) atoms. The highest BCUT2D eigenvalue weighted by Gasteiger charge is 2.24. The number of halogens is 1. The molecule has 0 atom stereocenters. The number of carbonyl (C=O) groups excluding carboxylic acids is 1. The molecule has 172 valence electrons. The Kier molecular flexibility index (Phi) is 11.0. The van der Waals surface area contributed by atoms with Crippen LogP contribution in [0.15, 0.2) is 59.0 Å². The van der Waals surface area contributed by atoms with Gasteiger partial charge in [-0.15, -0.1) is 0 Å². The van der Waals surface area contributed by atoms with E-state index in [1.54, 1.807) is 25.1 Å². The molecule has 2 aromatic carbocycles. The molecule has 0 saturated carbocycles. The Hall–Kier alpha value is -3.34. The van der Waals surface area contributed by atoms with Gasteiger partial charge in [0.05, 0.1) is 6.61 Å². The van der Waals surface area contributed by atoms with Crippen LogP contribution in [-0.2, 0) is 4.74 Å². The van der Waals surface area contributed by atoms with E-state index in [1.165, 1.54) is 12.1 Å². The summed E-state index contributed by atoms with van der Waals surface area (Å²) in [5, 5.41) is 0.603. The van der Waals surface area contributed by atoms with Crippen molar-refractivity contribution in [3.8, 4) is 11.3 Å². The Morgan fingerprint density at radius 3 is 2.25 bits per heavy atom. The van der Waals surface area contributed by atoms with Gasteiger partial charge in [-0.25, -0.2) is 9.18 Å². The number of allylic oxidation sites excluding steroid dienone is 4. The Morgan fingerprint density at radius 2 is 1.72 bits per heavy atom. The number of hydrogen-bond acceptors (Lipinski definition) is 4. The van der Waals surface area contributed by atoms with E-state index in [1.807, 2.05) is 65.8 Å². The Morgan fingerprint density at radius 1 is 1.09 bits per heavy atom. The van der Waals surface area contributed by atoms with E-state index in [2.05, 4.69) is 0 Å². The number of nitrogens with two attached hydrogens (primary N) is 1. The molecule has 0 aliphatic heterocycles. The fraction of sp³-hybridized carbons (Fsp3) is 0.296. The standard InChI is InChI=1S/C23H22FNO3.2C2H6/c1-4-7-14(5-2)17-12-18-20(13-19(17)25)28-22(21(18)23(26)27-6-3)15-8-10-16(24)11-9-15;2*1-2/h4-5,7-13H,6,25H2,1-3H3;2*1-2H3/b7-4-,14-5+;;.